The number of fused-ring (bicyclic) bond motifs is 1. The Morgan fingerprint density at radius 3 is 2.69 bits per heavy atom. The van der Waals surface area contributed by atoms with Crippen molar-refractivity contribution in [2.75, 3.05) is 5.32 Å². The number of rotatable bonds is 6. The summed E-state index contributed by atoms with van der Waals surface area (Å²) in [5.74, 6) is 0.164. The van der Waals surface area contributed by atoms with E-state index in [9.17, 15) is 14.9 Å². The number of thiocarbonyl (C=S) groups is 1. The summed E-state index contributed by atoms with van der Waals surface area (Å²) in [5, 5.41) is 16.9. The van der Waals surface area contributed by atoms with Crippen LogP contribution in [0.5, 0.6) is 5.75 Å². The van der Waals surface area contributed by atoms with Gasteiger partial charge in [0.15, 0.2) is 10.2 Å². The molecule has 0 unspecified atom stereocenters. The first-order chi connectivity index (χ1) is 15.5. The van der Waals surface area contributed by atoms with E-state index in [1.54, 1.807) is 30.3 Å². The zero-order valence-corrected chi connectivity index (χ0v) is 18.1. The lowest BCUT2D eigenvalue weighted by molar-refractivity contribution is -0.384. The van der Waals surface area contributed by atoms with Gasteiger partial charge in [-0.2, -0.15) is 0 Å². The lowest BCUT2D eigenvalue weighted by Gasteiger charge is -2.09. The summed E-state index contributed by atoms with van der Waals surface area (Å²) in [5.41, 5.74) is 1.99. The number of nitrogens with zero attached hydrogens (tertiary/aromatic N) is 2. The average molecular weight is 465 g/mol. The van der Waals surface area contributed by atoms with Crippen molar-refractivity contribution in [2.45, 2.75) is 6.61 Å². The third kappa shape index (κ3) is 5.23. The van der Waals surface area contributed by atoms with Crippen LogP contribution in [0.25, 0.3) is 10.2 Å². The molecule has 0 saturated carbocycles. The van der Waals surface area contributed by atoms with E-state index in [-0.39, 0.29) is 10.8 Å². The van der Waals surface area contributed by atoms with Crippen LogP contribution in [0.3, 0.4) is 0 Å². The first kappa shape index (κ1) is 21.3. The van der Waals surface area contributed by atoms with E-state index in [1.807, 2.05) is 30.3 Å². The molecule has 0 atom stereocenters. The Balaban J connectivity index is 1.37. The van der Waals surface area contributed by atoms with Crippen LogP contribution in [0.15, 0.2) is 72.8 Å². The Morgan fingerprint density at radius 1 is 1.09 bits per heavy atom. The minimum atomic E-state index is -0.463. The first-order valence-electron chi connectivity index (χ1n) is 9.42. The highest BCUT2D eigenvalue weighted by atomic mass is 32.1. The number of carbonyl (C=O) groups is 1. The Labute approximate surface area is 192 Å². The minimum Gasteiger partial charge on any atom is -0.489 e. The highest BCUT2D eigenvalue weighted by Crippen LogP contribution is 2.29. The van der Waals surface area contributed by atoms with E-state index >= 15 is 0 Å². The van der Waals surface area contributed by atoms with Crippen LogP contribution < -0.4 is 15.4 Å². The quantitative estimate of drug-likeness (QED) is 0.237. The van der Waals surface area contributed by atoms with Gasteiger partial charge in [0.25, 0.3) is 11.6 Å². The number of anilines is 1. The normalized spacial score (nSPS) is 10.5. The third-order valence-corrected chi connectivity index (χ3v) is 5.51. The molecule has 4 rings (SSSR count). The van der Waals surface area contributed by atoms with Gasteiger partial charge in [-0.15, -0.1) is 0 Å². The second-order valence-electron chi connectivity index (χ2n) is 6.64. The molecule has 1 heterocycles. The second-order valence-corrected chi connectivity index (χ2v) is 8.08. The summed E-state index contributed by atoms with van der Waals surface area (Å²) >= 11 is 6.42. The summed E-state index contributed by atoms with van der Waals surface area (Å²) < 4.78 is 6.40. The topological polar surface area (TPSA) is 106 Å². The van der Waals surface area contributed by atoms with Crippen LogP contribution in [0.2, 0.25) is 0 Å². The monoisotopic (exact) mass is 464 g/mol. The first-order valence-corrected chi connectivity index (χ1v) is 10.6. The number of hydrogen-bond donors (Lipinski definition) is 2. The van der Waals surface area contributed by atoms with E-state index in [4.69, 9.17) is 17.0 Å². The molecule has 0 fully saturated rings. The predicted octanol–water partition coefficient (Wildman–Crippen LogP) is 4.91. The SMILES string of the molecule is O=C(NC(=S)Nc1nc2ccc([N+](=O)[O-])cc2s1)c1cccc(OCc2ccccc2)c1. The number of non-ortho nitro benzene ring substituents is 1. The van der Waals surface area contributed by atoms with E-state index in [0.29, 0.717) is 33.3 Å². The van der Waals surface area contributed by atoms with Crippen molar-refractivity contribution in [3.8, 4) is 5.75 Å². The molecule has 0 aliphatic heterocycles. The number of nitro groups is 1. The molecule has 160 valence electrons. The number of ether oxygens (including phenoxy) is 1. The summed E-state index contributed by atoms with van der Waals surface area (Å²) in [6, 6.07) is 20.9. The Bertz CT molecular complexity index is 1310. The van der Waals surface area contributed by atoms with Gasteiger partial charge in [0, 0.05) is 17.7 Å². The molecular formula is C22H16N4O4S2. The van der Waals surface area contributed by atoms with Crippen LogP contribution >= 0.6 is 23.6 Å². The van der Waals surface area contributed by atoms with Gasteiger partial charge >= 0.3 is 0 Å². The fourth-order valence-corrected chi connectivity index (χ4v) is 4.01. The van der Waals surface area contributed by atoms with E-state index in [1.165, 1.54) is 23.5 Å². The molecule has 32 heavy (non-hydrogen) atoms. The summed E-state index contributed by atoms with van der Waals surface area (Å²) in [6.07, 6.45) is 0. The Kier molecular flexibility index (Phi) is 6.34. The van der Waals surface area contributed by atoms with Gasteiger partial charge in [-0.3, -0.25) is 20.2 Å². The van der Waals surface area contributed by atoms with Crippen molar-refractivity contribution in [3.05, 3.63) is 94.0 Å². The number of thiazole rings is 1. The van der Waals surface area contributed by atoms with E-state index in [0.717, 1.165) is 5.56 Å². The molecule has 0 bridgehead atoms. The van der Waals surface area contributed by atoms with Gasteiger partial charge in [0.2, 0.25) is 0 Å². The van der Waals surface area contributed by atoms with Crippen molar-refractivity contribution < 1.29 is 14.5 Å². The third-order valence-electron chi connectivity index (χ3n) is 4.37. The van der Waals surface area contributed by atoms with Crippen molar-refractivity contribution >= 4 is 55.6 Å². The van der Waals surface area contributed by atoms with E-state index < -0.39 is 10.8 Å². The van der Waals surface area contributed by atoms with Crippen LogP contribution in [-0.2, 0) is 6.61 Å². The van der Waals surface area contributed by atoms with Crippen molar-refractivity contribution in [1.82, 2.24) is 10.3 Å². The number of carbonyl (C=O) groups excluding carboxylic acids is 1. The van der Waals surface area contributed by atoms with Gasteiger partial charge in [-0.05, 0) is 42.0 Å². The molecule has 0 aliphatic rings. The van der Waals surface area contributed by atoms with E-state index in [2.05, 4.69) is 15.6 Å². The fourth-order valence-electron chi connectivity index (χ4n) is 2.85. The van der Waals surface area contributed by atoms with Crippen LogP contribution in [0, 0.1) is 10.1 Å². The zero-order chi connectivity index (χ0) is 22.5. The summed E-state index contributed by atoms with van der Waals surface area (Å²) in [7, 11) is 0. The van der Waals surface area contributed by atoms with Gasteiger partial charge in [-0.1, -0.05) is 47.7 Å². The maximum Gasteiger partial charge on any atom is 0.270 e. The van der Waals surface area contributed by atoms with Crippen LogP contribution in [0.1, 0.15) is 15.9 Å². The largest absolute Gasteiger partial charge is 0.489 e. The van der Waals surface area contributed by atoms with Gasteiger partial charge in [0.05, 0.1) is 15.1 Å². The zero-order valence-electron chi connectivity index (χ0n) is 16.5. The van der Waals surface area contributed by atoms with Gasteiger partial charge in [-0.25, -0.2) is 4.98 Å². The summed E-state index contributed by atoms with van der Waals surface area (Å²) in [4.78, 5) is 27.4. The number of amides is 1. The smallest absolute Gasteiger partial charge is 0.270 e. The van der Waals surface area contributed by atoms with Crippen molar-refractivity contribution in [3.63, 3.8) is 0 Å². The maximum absolute atomic E-state index is 12.6. The molecule has 3 aromatic carbocycles. The van der Waals surface area contributed by atoms with Gasteiger partial charge in [0.1, 0.15) is 12.4 Å². The second kappa shape index (κ2) is 9.50. The Morgan fingerprint density at radius 2 is 1.91 bits per heavy atom. The van der Waals surface area contributed by atoms with Crippen LogP contribution in [0.4, 0.5) is 10.8 Å². The number of nitrogens with one attached hydrogen (secondary N) is 2. The minimum absolute atomic E-state index is 0.0158. The Hall–Kier alpha value is -3.89. The highest BCUT2D eigenvalue weighted by Gasteiger charge is 2.13. The molecule has 0 saturated heterocycles. The highest BCUT2D eigenvalue weighted by molar-refractivity contribution is 7.80. The lowest BCUT2D eigenvalue weighted by Crippen LogP contribution is -2.34. The standard InChI is InChI=1S/C22H16N4O4S2/c27-20(15-7-4-8-17(11-15)30-13-14-5-2-1-3-6-14)24-21(31)25-22-23-18-10-9-16(26(28)29)12-19(18)32-22/h1-12H,13H2,(H2,23,24,25,27,31). The summed E-state index contributed by atoms with van der Waals surface area (Å²) in [6.45, 7) is 0.391. The molecule has 1 amide bonds. The maximum atomic E-state index is 12.6. The van der Waals surface area contributed by atoms with Gasteiger partial charge < -0.3 is 10.1 Å². The number of aromatic nitrogens is 1. The molecule has 8 nitrogen and oxygen atoms in total. The van der Waals surface area contributed by atoms with Crippen molar-refractivity contribution in [2.24, 2.45) is 0 Å². The number of benzene rings is 3. The lowest BCUT2D eigenvalue weighted by atomic mass is 10.2. The fraction of sp³-hybridized carbons (Fsp3) is 0.0455. The predicted molar refractivity (Wildman–Crippen MR) is 127 cm³/mol. The van der Waals surface area contributed by atoms with Crippen LogP contribution in [-0.4, -0.2) is 20.9 Å². The molecular weight excluding hydrogens is 448 g/mol. The molecule has 0 aliphatic carbocycles. The molecule has 0 radical (unpaired) electrons. The van der Waals surface area contributed by atoms with Crippen molar-refractivity contribution in [1.29, 1.82) is 0 Å². The number of nitro benzene ring substituents is 1. The molecule has 10 heteroatoms. The molecule has 2 N–H and O–H groups in total. The molecule has 1 aromatic heterocycles. The number of hydrogen-bond acceptors (Lipinski definition) is 7. The molecule has 0 spiro atoms. The molecule has 4 aromatic rings. The average Bonchev–Trinajstić information content (AvgIpc) is 3.19.